The number of nitrogens with zero attached hydrogens (tertiary/aromatic N) is 2. The van der Waals surface area contributed by atoms with Crippen molar-refractivity contribution >= 4 is 67.5 Å². The fourth-order valence-electron chi connectivity index (χ4n) is 3.55. The maximum absolute atomic E-state index is 12.6. The number of ether oxygens (including phenoxy) is 4. The molecule has 2 aliphatic heterocycles. The Hall–Kier alpha value is -4.29. The van der Waals surface area contributed by atoms with Crippen LogP contribution in [0.3, 0.4) is 0 Å². The van der Waals surface area contributed by atoms with Gasteiger partial charge >= 0.3 is 11.9 Å². The minimum absolute atomic E-state index is 0.00731. The molecule has 0 bridgehead atoms. The molecule has 0 spiro atoms. The van der Waals surface area contributed by atoms with Crippen LogP contribution >= 0.6 is 31.9 Å². The van der Waals surface area contributed by atoms with Crippen molar-refractivity contribution < 1.29 is 33.5 Å². The second-order valence-corrected chi connectivity index (χ2v) is 9.59. The quantitative estimate of drug-likeness (QED) is 0.108. The van der Waals surface area contributed by atoms with Crippen molar-refractivity contribution in [1.82, 2.24) is 0 Å². The van der Waals surface area contributed by atoms with E-state index < -0.39 is 16.9 Å². The Labute approximate surface area is 231 Å². The Morgan fingerprint density at radius 1 is 1.08 bits per heavy atom. The molecule has 0 fully saturated rings. The van der Waals surface area contributed by atoms with E-state index in [0.29, 0.717) is 37.1 Å². The first-order valence-corrected chi connectivity index (χ1v) is 12.4. The van der Waals surface area contributed by atoms with E-state index in [2.05, 4.69) is 36.9 Å². The van der Waals surface area contributed by atoms with Crippen molar-refractivity contribution in [3.05, 3.63) is 102 Å². The average Bonchev–Trinajstić information content (AvgIpc) is 3.51. The number of carbonyl (C=O) groups excluding carboxylic acids is 2. The summed E-state index contributed by atoms with van der Waals surface area (Å²) in [5.74, 6) is -0.100. The average molecular weight is 642 g/mol. The number of non-ortho nitro benzene ring substituents is 1. The van der Waals surface area contributed by atoms with Crippen LogP contribution in [0.25, 0.3) is 12.2 Å². The van der Waals surface area contributed by atoms with Crippen LogP contribution in [0, 0.1) is 10.1 Å². The number of cyclic esters (lactones) is 1. The lowest BCUT2D eigenvalue weighted by Crippen LogP contribution is -2.06. The van der Waals surface area contributed by atoms with E-state index in [1.807, 2.05) is 0 Å². The first kappa shape index (κ1) is 25.4. The van der Waals surface area contributed by atoms with E-state index in [-0.39, 0.29) is 29.8 Å². The van der Waals surface area contributed by atoms with Crippen molar-refractivity contribution in [3.63, 3.8) is 0 Å². The van der Waals surface area contributed by atoms with Crippen LogP contribution in [0.4, 0.5) is 5.69 Å². The van der Waals surface area contributed by atoms with Gasteiger partial charge in [-0.3, -0.25) is 10.1 Å². The SMILES string of the molecule is O=C(/C=C/c1cccc([N+](=O)[O-])c1)Oc1c(Br)cc(Br)cc1/C=C1/N=C(c2ccc3c(c2)OCO3)OC1=O. The number of nitro groups is 1. The summed E-state index contributed by atoms with van der Waals surface area (Å²) < 4.78 is 22.6. The van der Waals surface area contributed by atoms with E-state index in [0.717, 1.165) is 6.08 Å². The zero-order valence-corrected chi connectivity index (χ0v) is 22.2. The molecule has 2 aliphatic rings. The summed E-state index contributed by atoms with van der Waals surface area (Å²) in [7, 11) is 0. The Kier molecular flexibility index (Phi) is 7.07. The van der Waals surface area contributed by atoms with Gasteiger partial charge in [0.1, 0.15) is 0 Å². The summed E-state index contributed by atoms with van der Waals surface area (Å²) in [4.78, 5) is 39.9. The van der Waals surface area contributed by atoms with Crippen LogP contribution in [0.5, 0.6) is 17.2 Å². The monoisotopic (exact) mass is 640 g/mol. The highest BCUT2D eigenvalue weighted by Crippen LogP contribution is 2.36. The number of nitro benzene ring substituents is 1. The van der Waals surface area contributed by atoms with E-state index >= 15 is 0 Å². The molecule has 190 valence electrons. The number of benzene rings is 3. The molecule has 0 saturated carbocycles. The number of hydrogen-bond donors (Lipinski definition) is 0. The number of halogens is 2. The maximum Gasteiger partial charge on any atom is 0.363 e. The van der Waals surface area contributed by atoms with Gasteiger partial charge in [0.2, 0.25) is 12.7 Å². The van der Waals surface area contributed by atoms with Crippen LogP contribution in [0.1, 0.15) is 16.7 Å². The molecule has 0 N–H and O–H groups in total. The van der Waals surface area contributed by atoms with Gasteiger partial charge in [-0.1, -0.05) is 28.1 Å². The van der Waals surface area contributed by atoms with Gasteiger partial charge in [-0.2, -0.15) is 0 Å². The Morgan fingerprint density at radius 3 is 2.71 bits per heavy atom. The van der Waals surface area contributed by atoms with E-state index in [4.69, 9.17) is 18.9 Å². The summed E-state index contributed by atoms with van der Waals surface area (Å²) in [5, 5.41) is 11.0. The summed E-state index contributed by atoms with van der Waals surface area (Å²) in [6.07, 6.45) is 3.98. The maximum atomic E-state index is 12.6. The smallest absolute Gasteiger partial charge is 0.363 e. The third-order valence-corrected chi connectivity index (χ3v) is 6.31. The lowest BCUT2D eigenvalue weighted by molar-refractivity contribution is -0.384. The lowest BCUT2D eigenvalue weighted by Gasteiger charge is -2.09. The molecule has 10 nitrogen and oxygen atoms in total. The number of aliphatic imine (C=N–C) groups is 1. The van der Waals surface area contributed by atoms with Crippen LogP contribution in [0.2, 0.25) is 0 Å². The fourth-order valence-corrected chi connectivity index (χ4v) is 4.88. The Bertz CT molecular complexity index is 1600. The Balaban J connectivity index is 1.41. The minimum Gasteiger partial charge on any atom is -0.454 e. The molecular formula is C26H14Br2N2O8. The molecule has 38 heavy (non-hydrogen) atoms. The van der Waals surface area contributed by atoms with E-state index in [9.17, 15) is 19.7 Å². The summed E-state index contributed by atoms with van der Waals surface area (Å²) in [6.45, 7) is 0.107. The standard InChI is InChI=1S/C26H14Br2N2O8/c27-17-9-16(10-20-26(32)38-25(29-20)15-5-6-21-22(11-15)36-13-35-21)24(19(28)12-17)37-23(31)7-4-14-2-1-3-18(8-14)30(33)34/h1-12H,13H2/b7-4+,20-10+. The highest BCUT2D eigenvalue weighted by atomic mass is 79.9. The second kappa shape index (κ2) is 10.6. The lowest BCUT2D eigenvalue weighted by atomic mass is 10.1. The summed E-state index contributed by atoms with van der Waals surface area (Å²) >= 11 is 6.76. The van der Waals surface area contributed by atoms with Gasteiger partial charge in [-0.05, 0) is 64.0 Å². The predicted octanol–water partition coefficient (Wildman–Crippen LogP) is 5.81. The van der Waals surface area contributed by atoms with Crippen molar-refractivity contribution in [2.24, 2.45) is 4.99 Å². The number of carbonyl (C=O) groups is 2. The molecule has 0 amide bonds. The minimum atomic E-state index is -0.738. The van der Waals surface area contributed by atoms with Crippen LogP contribution in [0.15, 0.2) is 80.3 Å². The van der Waals surface area contributed by atoms with E-state index in [1.165, 1.54) is 30.4 Å². The number of rotatable bonds is 6. The normalized spacial score (nSPS) is 15.1. The van der Waals surface area contributed by atoms with Crippen LogP contribution < -0.4 is 14.2 Å². The molecular weight excluding hydrogens is 628 g/mol. The first-order valence-electron chi connectivity index (χ1n) is 10.8. The van der Waals surface area contributed by atoms with Crippen molar-refractivity contribution in [2.75, 3.05) is 6.79 Å². The Morgan fingerprint density at radius 2 is 1.89 bits per heavy atom. The summed E-state index contributed by atoms with van der Waals surface area (Å²) in [5.41, 5.74) is 1.24. The van der Waals surface area contributed by atoms with Crippen LogP contribution in [-0.4, -0.2) is 29.6 Å². The number of fused-ring (bicyclic) bond motifs is 1. The van der Waals surface area contributed by atoms with Gasteiger partial charge in [0.05, 0.1) is 9.40 Å². The van der Waals surface area contributed by atoms with Gasteiger partial charge in [0, 0.05) is 33.8 Å². The summed E-state index contributed by atoms with van der Waals surface area (Å²) in [6, 6.07) is 14.2. The topological polar surface area (TPSA) is 127 Å². The molecule has 0 aromatic heterocycles. The number of esters is 2. The zero-order valence-electron chi connectivity index (χ0n) is 19.1. The van der Waals surface area contributed by atoms with Gasteiger partial charge in [0.25, 0.3) is 5.69 Å². The third kappa shape index (κ3) is 5.50. The fraction of sp³-hybridized carbons (Fsp3) is 0.0385. The largest absolute Gasteiger partial charge is 0.454 e. The van der Waals surface area contributed by atoms with Gasteiger partial charge in [-0.15, -0.1) is 0 Å². The molecule has 0 atom stereocenters. The van der Waals surface area contributed by atoms with Crippen LogP contribution in [-0.2, 0) is 14.3 Å². The van der Waals surface area contributed by atoms with Crippen molar-refractivity contribution in [3.8, 4) is 17.2 Å². The molecule has 2 heterocycles. The molecule has 3 aromatic carbocycles. The van der Waals surface area contributed by atoms with Crippen molar-refractivity contribution in [1.29, 1.82) is 0 Å². The molecule has 5 rings (SSSR count). The predicted molar refractivity (Wildman–Crippen MR) is 143 cm³/mol. The molecule has 0 saturated heterocycles. The molecule has 0 aliphatic carbocycles. The van der Waals surface area contributed by atoms with Gasteiger partial charge in [0.15, 0.2) is 22.9 Å². The van der Waals surface area contributed by atoms with Gasteiger partial charge in [-0.25, -0.2) is 14.6 Å². The third-order valence-electron chi connectivity index (χ3n) is 5.26. The van der Waals surface area contributed by atoms with E-state index in [1.54, 1.807) is 36.4 Å². The second-order valence-electron chi connectivity index (χ2n) is 7.82. The highest BCUT2D eigenvalue weighted by molar-refractivity contribution is 9.11. The zero-order chi connectivity index (χ0) is 26.8. The highest BCUT2D eigenvalue weighted by Gasteiger charge is 2.27. The number of hydrogen-bond acceptors (Lipinski definition) is 9. The molecule has 3 aromatic rings. The first-order chi connectivity index (χ1) is 18.3. The molecule has 12 heteroatoms. The molecule has 0 radical (unpaired) electrons. The van der Waals surface area contributed by atoms with Gasteiger partial charge < -0.3 is 18.9 Å². The van der Waals surface area contributed by atoms with Crippen molar-refractivity contribution in [2.45, 2.75) is 0 Å². The molecule has 0 unspecified atom stereocenters.